The summed E-state index contributed by atoms with van der Waals surface area (Å²) in [6.07, 6.45) is 0. The molecule has 8 aromatic carbocycles. The lowest BCUT2D eigenvalue weighted by atomic mass is 9.84. The summed E-state index contributed by atoms with van der Waals surface area (Å²) < 4.78 is 10.7. The largest absolute Gasteiger partial charge is 0.497 e. The zero-order chi connectivity index (χ0) is 31.8. The Morgan fingerprint density at radius 1 is 0.417 bits per heavy atom. The molecule has 2 aromatic heterocycles. The Balaban J connectivity index is 1.47. The zero-order valence-corrected chi connectivity index (χ0v) is 27.1. The van der Waals surface area contributed by atoms with Gasteiger partial charge >= 0.3 is 0 Å². The SMILES string of the molecule is COc1ccc(-c2c(-c3ccccc3)c3cc4sc5ccccc5c4cc3c3cc4c5ccccc5n(-c5ccccc5)c4cc23)cc1. The summed E-state index contributed by atoms with van der Waals surface area (Å²) in [5.74, 6) is 0.851. The van der Waals surface area contributed by atoms with Gasteiger partial charge in [-0.25, -0.2) is 0 Å². The lowest BCUT2D eigenvalue weighted by Gasteiger charge is -2.20. The second kappa shape index (κ2) is 10.6. The number of hydrogen-bond acceptors (Lipinski definition) is 2. The Bertz CT molecular complexity index is 2850. The van der Waals surface area contributed by atoms with Crippen molar-refractivity contribution < 1.29 is 4.74 Å². The Morgan fingerprint density at radius 3 is 1.77 bits per heavy atom. The molecule has 0 N–H and O–H groups in total. The molecular weight excluding hydrogens is 603 g/mol. The molecule has 48 heavy (non-hydrogen) atoms. The predicted molar refractivity (Wildman–Crippen MR) is 206 cm³/mol. The first kappa shape index (κ1) is 27.2. The second-order valence-electron chi connectivity index (χ2n) is 12.4. The van der Waals surface area contributed by atoms with Crippen molar-refractivity contribution in [2.45, 2.75) is 0 Å². The Kier molecular flexibility index (Phi) is 5.99. The molecule has 0 saturated heterocycles. The van der Waals surface area contributed by atoms with Gasteiger partial charge in [-0.05, 0) is 104 Å². The van der Waals surface area contributed by atoms with Gasteiger partial charge < -0.3 is 9.30 Å². The Hall–Kier alpha value is -5.90. The molecule has 10 rings (SSSR count). The number of aromatic nitrogens is 1. The molecule has 0 unspecified atom stereocenters. The maximum absolute atomic E-state index is 5.61. The molecule has 0 aliphatic rings. The third-order valence-corrected chi connectivity index (χ3v) is 11.0. The van der Waals surface area contributed by atoms with Gasteiger partial charge in [0.1, 0.15) is 5.75 Å². The minimum atomic E-state index is 0.851. The number of methoxy groups -OCH3 is 1. The van der Waals surface area contributed by atoms with Gasteiger partial charge in [0.2, 0.25) is 0 Å². The van der Waals surface area contributed by atoms with Crippen LogP contribution in [-0.4, -0.2) is 11.7 Å². The molecule has 10 aromatic rings. The number of rotatable bonds is 4. The summed E-state index contributed by atoms with van der Waals surface area (Å²) in [7, 11) is 1.73. The summed E-state index contributed by atoms with van der Waals surface area (Å²) in [4.78, 5) is 0. The summed E-state index contributed by atoms with van der Waals surface area (Å²) >= 11 is 1.88. The lowest BCUT2D eigenvalue weighted by molar-refractivity contribution is 0.415. The van der Waals surface area contributed by atoms with E-state index in [9.17, 15) is 0 Å². The molecule has 0 spiro atoms. The van der Waals surface area contributed by atoms with E-state index in [1.54, 1.807) is 7.11 Å². The number of nitrogens with zero attached hydrogens (tertiary/aromatic N) is 1. The van der Waals surface area contributed by atoms with Crippen LogP contribution in [0.25, 0.3) is 91.5 Å². The van der Waals surface area contributed by atoms with Gasteiger partial charge in [-0.1, -0.05) is 97.1 Å². The molecule has 2 heterocycles. The monoisotopic (exact) mass is 631 g/mol. The molecule has 0 aliphatic carbocycles. The first-order chi connectivity index (χ1) is 23.8. The summed E-state index contributed by atoms with van der Waals surface area (Å²) in [6, 6.07) is 57.6. The van der Waals surface area contributed by atoms with Gasteiger partial charge in [-0.3, -0.25) is 0 Å². The van der Waals surface area contributed by atoms with Gasteiger partial charge in [-0.15, -0.1) is 11.3 Å². The van der Waals surface area contributed by atoms with Crippen LogP contribution in [0, 0.1) is 0 Å². The van der Waals surface area contributed by atoms with E-state index in [4.69, 9.17) is 4.74 Å². The van der Waals surface area contributed by atoms with Gasteiger partial charge in [0.05, 0.1) is 18.1 Å². The maximum atomic E-state index is 5.61. The fraction of sp³-hybridized carbons (Fsp3) is 0.0222. The minimum Gasteiger partial charge on any atom is -0.497 e. The van der Waals surface area contributed by atoms with Crippen LogP contribution in [0.2, 0.25) is 0 Å². The third kappa shape index (κ3) is 3.98. The first-order valence-corrected chi connectivity index (χ1v) is 17.1. The van der Waals surface area contributed by atoms with E-state index in [-0.39, 0.29) is 0 Å². The maximum Gasteiger partial charge on any atom is 0.118 e. The van der Waals surface area contributed by atoms with E-state index < -0.39 is 0 Å². The van der Waals surface area contributed by atoms with Crippen molar-refractivity contribution in [1.29, 1.82) is 0 Å². The lowest BCUT2D eigenvalue weighted by Crippen LogP contribution is -1.95. The highest BCUT2D eigenvalue weighted by molar-refractivity contribution is 7.25. The molecule has 0 fully saturated rings. The van der Waals surface area contributed by atoms with Crippen LogP contribution < -0.4 is 4.74 Å². The van der Waals surface area contributed by atoms with Crippen LogP contribution in [0.4, 0.5) is 0 Å². The van der Waals surface area contributed by atoms with Crippen molar-refractivity contribution in [3.05, 3.63) is 158 Å². The number of fused-ring (bicyclic) bond motifs is 9. The van der Waals surface area contributed by atoms with E-state index in [0.717, 1.165) is 11.4 Å². The average molecular weight is 632 g/mol. The van der Waals surface area contributed by atoms with Crippen molar-refractivity contribution in [2.24, 2.45) is 0 Å². The molecule has 0 aliphatic heterocycles. The predicted octanol–water partition coefficient (Wildman–Crippen LogP) is 12.8. The number of ether oxygens (including phenoxy) is 1. The smallest absolute Gasteiger partial charge is 0.118 e. The van der Waals surface area contributed by atoms with Crippen molar-refractivity contribution in [2.75, 3.05) is 7.11 Å². The summed E-state index contributed by atoms with van der Waals surface area (Å²) in [5, 5.41) is 10.2. The Morgan fingerprint density at radius 2 is 1.02 bits per heavy atom. The van der Waals surface area contributed by atoms with Gasteiger partial charge in [0.15, 0.2) is 0 Å². The van der Waals surface area contributed by atoms with E-state index in [1.165, 1.54) is 85.8 Å². The van der Waals surface area contributed by atoms with E-state index in [2.05, 4.69) is 162 Å². The zero-order valence-electron chi connectivity index (χ0n) is 26.3. The van der Waals surface area contributed by atoms with Crippen LogP contribution >= 0.6 is 11.3 Å². The minimum absolute atomic E-state index is 0.851. The standard InChI is InChI=1S/C45H29NOS/c1-47-31-22-20-29(21-23-31)45-38-26-41-36(32-16-8-10-18-40(32)46(41)30-14-6-3-7-15-30)24-34(38)35-25-37-33-17-9-11-19-42(33)48-43(37)27-39(35)44(45)28-12-4-2-5-13-28/h2-27H,1H3. The number of thiophene rings is 1. The Labute approximate surface area is 281 Å². The van der Waals surface area contributed by atoms with Gasteiger partial charge in [0, 0.05) is 36.6 Å². The molecule has 226 valence electrons. The van der Waals surface area contributed by atoms with Crippen molar-refractivity contribution >= 4 is 74.9 Å². The molecular formula is C45H29NOS. The van der Waals surface area contributed by atoms with Crippen molar-refractivity contribution in [1.82, 2.24) is 4.57 Å². The van der Waals surface area contributed by atoms with E-state index >= 15 is 0 Å². The number of hydrogen-bond donors (Lipinski definition) is 0. The fourth-order valence-electron chi connectivity index (χ4n) is 7.73. The molecule has 0 radical (unpaired) electrons. The molecule has 0 saturated carbocycles. The van der Waals surface area contributed by atoms with Crippen LogP contribution in [0.15, 0.2) is 158 Å². The highest BCUT2D eigenvalue weighted by atomic mass is 32.1. The fourth-order valence-corrected chi connectivity index (χ4v) is 8.86. The highest BCUT2D eigenvalue weighted by Gasteiger charge is 2.22. The topological polar surface area (TPSA) is 14.2 Å². The quantitative estimate of drug-likeness (QED) is 0.176. The summed E-state index contributed by atoms with van der Waals surface area (Å²) in [5.41, 5.74) is 8.43. The second-order valence-corrected chi connectivity index (χ2v) is 13.5. The molecule has 2 nitrogen and oxygen atoms in total. The van der Waals surface area contributed by atoms with Gasteiger partial charge in [0.25, 0.3) is 0 Å². The molecule has 0 amide bonds. The van der Waals surface area contributed by atoms with Crippen LogP contribution in [-0.2, 0) is 0 Å². The van der Waals surface area contributed by atoms with Crippen LogP contribution in [0.3, 0.4) is 0 Å². The van der Waals surface area contributed by atoms with E-state index in [1.807, 2.05) is 11.3 Å². The number of benzene rings is 8. The summed E-state index contributed by atoms with van der Waals surface area (Å²) in [6.45, 7) is 0. The first-order valence-electron chi connectivity index (χ1n) is 16.3. The molecule has 3 heteroatoms. The highest BCUT2D eigenvalue weighted by Crippen LogP contribution is 2.49. The molecule has 0 atom stereocenters. The average Bonchev–Trinajstić information content (AvgIpc) is 3.68. The van der Waals surface area contributed by atoms with E-state index in [0.29, 0.717) is 0 Å². The van der Waals surface area contributed by atoms with Gasteiger partial charge in [-0.2, -0.15) is 0 Å². The van der Waals surface area contributed by atoms with Crippen LogP contribution in [0.1, 0.15) is 0 Å². The van der Waals surface area contributed by atoms with Crippen molar-refractivity contribution in [3.63, 3.8) is 0 Å². The third-order valence-electron chi connectivity index (χ3n) is 9.86. The normalized spacial score (nSPS) is 11.9. The van der Waals surface area contributed by atoms with Crippen LogP contribution in [0.5, 0.6) is 5.75 Å². The van der Waals surface area contributed by atoms with Crippen molar-refractivity contribution in [3.8, 4) is 33.7 Å². The molecule has 0 bridgehead atoms. The number of para-hydroxylation sites is 2.